The molecular weight excluding hydrogens is 716 g/mol. The number of hydrogen-bond donors (Lipinski definition) is 5. The third kappa shape index (κ3) is 12.9. The number of carboxylic acids is 1. The summed E-state index contributed by atoms with van der Waals surface area (Å²) in [6.07, 6.45) is 4.63. The first-order valence-corrected chi connectivity index (χ1v) is 19.3. The molecule has 1 unspecified atom stereocenters. The van der Waals surface area contributed by atoms with Crippen LogP contribution in [0.4, 0.5) is 9.59 Å². The Balaban J connectivity index is 1.22. The van der Waals surface area contributed by atoms with Crippen molar-refractivity contribution in [2.45, 2.75) is 89.1 Å². The van der Waals surface area contributed by atoms with Gasteiger partial charge < -0.3 is 30.1 Å². The molecule has 4 amide bonds. The van der Waals surface area contributed by atoms with Crippen LogP contribution in [-0.4, -0.2) is 88.6 Å². The smallest absolute Gasteiger partial charge is 0.426 e. The number of amides is 4. The lowest BCUT2D eigenvalue weighted by Gasteiger charge is -2.36. The van der Waals surface area contributed by atoms with E-state index in [1.807, 2.05) is 42.5 Å². The van der Waals surface area contributed by atoms with Gasteiger partial charge in [-0.15, -0.1) is 4.90 Å². The van der Waals surface area contributed by atoms with Gasteiger partial charge in [-0.05, 0) is 41.9 Å². The Bertz CT molecular complexity index is 1690. The maximum Gasteiger partial charge on any atom is 0.426 e. The molecule has 1 aliphatic carbocycles. The molecule has 3 aromatic rings. The number of nitrogens with one attached hydrogen (secondary N) is 4. The van der Waals surface area contributed by atoms with E-state index in [-0.39, 0.29) is 51.2 Å². The Hall–Kier alpha value is -5.76. The third-order valence-corrected chi connectivity index (χ3v) is 10.2. The van der Waals surface area contributed by atoms with Crippen LogP contribution in [-0.2, 0) is 43.5 Å². The average Bonchev–Trinajstić information content (AvgIpc) is 3.22. The number of piperidine rings is 1. The number of nitrogens with zero attached hydrogens (tertiary/aromatic N) is 2. The normalized spacial score (nSPS) is 15.8. The fourth-order valence-corrected chi connectivity index (χ4v) is 7.08. The van der Waals surface area contributed by atoms with Crippen LogP contribution in [0.25, 0.3) is 0 Å². The van der Waals surface area contributed by atoms with Gasteiger partial charge in [0.1, 0.15) is 19.3 Å². The molecule has 5 rings (SSSR count). The van der Waals surface area contributed by atoms with E-state index in [1.165, 1.54) is 0 Å². The molecule has 14 nitrogen and oxygen atoms in total. The number of hydrogen-bond acceptors (Lipinski definition) is 9. The van der Waals surface area contributed by atoms with E-state index in [1.54, 1.807) is 53.4 Å². The Morgan fingerprint density at radius 3 is 1.75 bits per heavy atom. The van der Waals surface area contributed by atoms with Gasteiger partial charge >= 0.3 is 18.2 Å². The van der Waals surface area contributed by atoms with Gasteiger partial charge in [0.25, 0.3) is 0 Å². The van der Waals surface area contributed by atoms with E-state index in [2.05, 4.69) is 16.0 Å². The van der Waals surface area contributed by atoms with Crippen LogP contribution in [0.3, 0.4) is 0 Å². The highest BCUT2D eigenvalue weighted by Gasteiger charge is 2.35. The second-order valence-electron chi connectivity index (χ2n) is 14.3. The Kier molecular flexibility index (Phi) is 15.8. The van der Waals surface area contributed by atoms with E-state index >= 15 is 0 Å². The van der Waals surface area contributed by atoms with E-state index < -0.39 is 42.1 Å². The first kappa shape index (κ1) is 41.4. The number of imide groups is 1. The first-order valence-electron chi connectivity index (χ1n) is 19.3. The van der Waals surface area contributed by atoms with Crippen molar-refractivity contribution in [2.24, 2.45) is 5.92 Å². The molecule has 0 radical (unpaired) electrons. The molecule has 0 aromatic heterocycles. The maximum atomic E-state index is 13.9. The number of ether oxygens (including phenoxy) is 2. The lowest BCUT2D eigenvalue weighted by Crippen LogP contribution is -2.57. The summed E-state index contributed by atoms with van der Waals surface area (Å²) in [5.74, 6) is -1.99. The standard InChI is InChI=1S/C42H52N6O8/c43-40(48(41(53)55-28-32-17-9-3-10-18-32)42(54)56-29-33-19-11-4-12-20-33)47-23-21-34(22-24-47)45-39(52)36(26-31-15-7-2-8-16-31)46-38(51)35(44-27-37(49)50)25-30-13-5-1-6-14-30/h2-4,7-12,15-20,30,34-36,43-44H,1,5-6,13-14,21-29H2,(H,45,52)(H,46,51)(H,49,50)/t35?,36-/m1/s1. The molecule has 14 heteroatoms. The second-order valence-corrected chi connectivity index (χ2v) is 14.3. The minimum Gasteiger partial charge on any atom is -0.480 e. The van der Waals surface area contributed by atoms with E-state index in [0.717, 1.165) is 37.7 Å². The van der Waals surface area contributed by atoms with Crippen LogP contribution in [0, 0.1) is 11.3 Å². The molecule has 298 valence electrons. The summed E-state index contributed by atoms with van der Waals surface area (Å²) in [5.41, 5.74) is 2.26. The summed E-state index contributed by atoms with van der Waals surface area (Å²) < 4.78 is 10.9. The van der Waals surface area contributed by atoms with Gasteiger partial charge in [0.2, 0.25) is 17.8 Å². The summed E-state index contributed by atoms with van der Waals surface area (Å²) in [6, 6.07) is 25.3. The number of rotatable bonds is 15. The quantitative estimate of drug-likeness (QED) is 0.101. The van der Waals surface area contributed by atoms with E-state index in [0.29, 0.717) is 41.2 Å². The van der Waals surface area contributed by atoms with Gasteiger partial charge in [0, 0.05) is 25.6 Å². The molecule has 3 aromatic carbocycles. The van der Waals surface area contributed by atoms with Crippen molar-refractivity contribution >= 4 is 35.9 Å². The van der Waals surface area contributed by atoms with E-state index in [9.17, 15) is 29.1 Å². The molecule has 1 saturated heterocycles. The highest BCUT2D eigenvalue weighted by molar-refractivity contribution is 6.06. The predicted molar refractivity (Wildman–Crippen MR) is 208 cm³/mol. The van der Waals surface area contributed by atoms with Crippen molar-refractivity contribution in [3.8, 4) is 0 Å². The van der Waals surface area contributed by atoms with Crippen LogP contribution in [0.1, 0.15) is 68.1 Å². The summed E-state index contributed by atoms with van der Waals surface area (Å²) in [6.45, 7) is -0.129. The zero-order chi connectivity index (χ0) is 39.7. The van der Waals surface area contributed by atoms with Crippen LogP contribution in [0.15, 0.2) is 91.0 Å². The summed E-state index contributed by atoms with van der Waals surface area (Å²) >= 11 is 0. The SMILES string of the molecule is N=C(N1CCC(NC(=O)[C@@H](Cc2ccccc2)NC(=O)C(CC2CCCCC2)NCC(=O)O)CC1)N(C(=O)OCc1ccccc1)C(=O)OCc1ccccc1. The molecule has 2 aliphatic rings. The van der Waals surface area contributed by atoms with Gasteiger partial charge in [0.15, 0.2) is 0 Å². The molecule has 0 bridgehead atoms. The number of carbonyl (C=O) groups excluding carboxylic acids is 4. The van der Waals surface area contributed by atoms with Crippen molar-refractivity contribution in [1.29, 1.82) is 5.41 Å². The Morgan fingerprint density at radius 2 is 1.23 bits per heavy atom. The minimum atomic E-state index is -1.07. The monoisotopic (exact) mass is 768 g/mol. The summed E-state index contributed by atoms with van der Waals surface area (Å²) in [5, 5.41) is 27.1. The van der Waals surface area contributed by atoms with Gasteiger partial charge in [-0.2, -0.15) is 0 Å². The second kappa shape index (κ2) is 21.4. The molecule has 56 heavy (non-hydrogen) atoms. The maximum absolute atomic E-state index is 13.9. The van der Waals surface area contributed by atoms with Crippen molar-refractivity contribution < 1.29 is 38.6 Å². The van der Waals surface area contributed by atoms with Gasteiger partial charge in [-0.1, -0.05) is 123 Å². The summed E-state index contributed by atoms with van der Waals surface area (Å²) in [4.78, 5) is 67.8. The third-order valence-electron chi connectivity index (χ3n) is 10.2. The number of likely N-dealkylation sites (tertiary alicyclic amines) is 1. The van der Waals surface area contributed by atoms with Gasteiger partial charge in [-0.25, -0.2) is 9.59 Å². The van der Waals surface area contributed by atoms with Crippen molar-refractivity contribution in [3.63, 3.8) is 0 Å². The zero-order valence-corrected chi connectivity index (χ0v) is 31.6. The van der Waals surface area contributed by atoms with Gasteiger partial charge in [0.05, 0.1) is 12.6 Å². The molecule has 1 heterocycles. The highest BCUT2D eigenvalue weighted by atomic mass is 16.6. The number of carbonyl (C=O) groups is 5. The van der Waals surface area contributed by atoms with Crippen LogP contribution in [0.5, 0.6) is 0 Å². The van der Waals surface area contributed by atoms with Crippen molar-refractivity contribution in [1.82, 2.24) is 25.8 Å². The van der Waals surface area contributed by atoms with Crippen LogP contribution >= 0.6 is 0 Å². The number of benzene rings is 3. The molecule has 2 fully saturated rings. The molecule has 1 saturated carbocycles. The minimum absolute atomic E-state index is 0.110. The summed E-state index contributed by atoms with van der Waals surface area (Å²) in [7, 11) is 0. The Morgan fingerprint density at radius 1 is 0.714 bits per heavy atom. The van der Waals surface area contributed by atoms with Gasteiger partial charge in [-0.3, -0.25) is 25.1 Å². The molecule has 5 N–H and O–H groups in total. The molecule has 2 atom stereocenters. The largest absolute Gasteiger partial charge is 0.480 e. The number of guanidine groups is 1. The Labute approximate surface area is 327 Å². The molecule has 0 spiro atoms. The van der Waals surface area contributed by atoms with E-state index in [4.69, 9.17) is 14.9 Å². The lowest BCUT2D eigenvalue weighted by atomic mass is 9.84. The fourth-order valence-electron chi connectivity index (χ4n) is 7.08. The topological polar surface area (TPSA) is 190 Å². The average molecular weight is 769 g/mol. The molecule has 1 aliphatic heterocycles. The zero-order valence-electron chi connectivity index (χ0n) is 31.6. The lowest BCUT2D eigenvalue weighted by molar-refractivity contribution is -0.136. The highest BCUT2D eigenvalue weighted by Crippen LogP contribution is 2.27. The number of carboxylic acid groups (broad SMARTS) is 1. The van der Waals surface area contributed by atoms with Crippen LogP contribution in [0.2, 0.25) is 0 Å². The van der Waals surface area contributed by atoms with Crippen LogP contribution < -0.4 is 16.0 Å². The van der Waals surface area contributed by atoms with Crippen molar-refractivity contribution in [3.05, 3.63) is 108 Å². The number of aliphatic carboxylic acids is 1. The predicted octanol–water partition coefficient (Wildman–Crippen LogP) is 5.22. The van der Waals surface area contributed by atoms with Crippen molar-refractivity contribution in [2.75, 3.05) is 19.6 Å². The molecular formula is C42H52N6O8. The fraction of sp³-hybridized carbons (Fsp3) is 0.429. The first-order chi connectivity index (χ1) is 27.2.